The van der Waals surface area contributed by atoms with Gasteiger partial charge in [-0.3, -0.25) is 4.90 Å². The Morgan fingerprint density at radius 2 is 2.00 bits per heavy atom. The van der Waals surface area contributed by atoms with Crippen molar-refractivity contribution in [2.75, 3.05) is 13.1 Å². The molecular formula is C14H18FNO. The number of fused-ring (bicyclic) bond motifs is 1. The van der Waals surface area contributed by atoms with Crippen LogP contribution in [0, 0.1) is 11.8 Å². The Morgan fingerprint density at radius 1 is 1.24 bits per heavy atom. The van der Waals surface area contributed by atoms with Gasteiger partial charge in [0.05, 0.1) is 6.10 Å². The largest absolute Gasteiger partial charge is 0.390 e. The van der Waals surface area contributed by atoms with E-state index < -0.39 is 12.3 Å². The van der Waals surface area contributed by atoms with Crippen LogP contribution in [0.15, 0.2) is 30.3 Å². The predicted molar refractivity (Wildman–Crippen MR) is 64.2 cm³/mol. The number of hydrogen-bond donors (Lipinski definition) is 1. The van der Waals surface area contributed by atoms with Gasteiger partial charge in [0.1, 0.15) is 6.17 Å². The summed E-state index contributed by atoms with van der Waals surface area (Å²) in [7, 11) is 0. The number of nitrogens with zero attached hydrogens (tertiary/aromatic N) is 1. The first-order valence-electron chi connectivity index (χ1n) is 6.32. The van der Waals surface area contributed by atoms with E-state index in [0.29, 0.717) is 12.3 Å². The first-order valence-corrected chi connectivity index (χ1v) is 6.32. The van der Waals surface area contributed by atoms with Crippen molar-refractivity contribution in [2.24, 2.45) is 11.8 Å². The highest BCUT2D eigenvalue weighted by Gasteiger charge is 2.47. The third kappa shape index (κ3) is 2.09. The van der Waals surface area contributed by atoms with Gasteiger partial charge in [-0.05, 0) is 17.9 Å². The standard InChI is InChI=1S/C14H18FNO/c15-13-6-11-8-16(9-12(11)14(13)17)7-10-4-2-1-3-5-10/h1-5,11-14,17H,6-9H2/t11-,12+,13+,14+/m1/s1. The molecule has 2 nitrogen and oxygen atoms in total. The molecule has 1 N–H and O–H groups in total. The Bertz CT molecular complexity index is 383. The second kappa shape index (κ2) is 4.39. The first kappa shape index (κ1) is 11.2. The van der Waals surface area contributed by atoms with Crippen molar-refractivity contribution in [1.29, 1.82) is 0 Å². The smallest absolute Gasteiger partial charge is 0.127 e. The van der Waals surface area contributed by atoms with Gasteiger partial charge in [0.15, 0.2) is 0 Å². The number of benzene rings is 1. The minimum Gasteiger partial charge on any atom is -0.390 e. The van der Waals surface area contributed by atoms with Crippen LogP contribution in [0.25, 0.3) is 0 Å². The zero-order chi connectivity index (χ0) is 11.8. The number of aliphatic hydroxyl groups excluding tert-OH is 1. The molecule has 2 aliphatic rings. The van der Waals surface area contributed by atoms with Crippen LogP contribution in [0.2, 0.25) is 0 Å². The van der Waals surface area contributed by atoms with Crippen molar-refractivity contribution in [3.05, 3.63) is 35.9 Å². The lowest BCUT2D eigenvalue weighted by Crippen LogP contribution is -2.28. The highest BCUT2D eigenvalue weighted by molar-refractivity contribution is 5.15. The van der Waals surface area contributed by atoms with E-state index in [4.69, 9.17) is 0 Å². The normalized spacial score (nSPS) is 37.3. The van der Waals surface area contributed by atoms with Crippen molar-refractivity contribution in [3.8, 4) is 0 Å². The fourth-order valence-corrected chi connectivity index (χ4v) is 3.29. The molecule has 1 aromatic carbocycles. The number of hydrogen-bond acceptors (Lipinski definition) is 2. The van der Waals surface area contributed by atoms with Crippen LogP contribution < -0.4 is 0 Å². The summed E-state index contributed by atoms with van der Waals surface area (Å²) < 4.78 is 13.3. The maximum Gasteiger partial charge on any atom is 0.127 e. The maximum atomic E-state index is 13.3. The van der Waals surface area contributed by atoms with Crippen LogP contribution in [0.4, 0.5) is 4.39 Å². The predicted octanol–water partition coefficient (Wildman–Crippen LogP) is 1.84. The molecule has 1 aliphatic carbocycles. The minimum atomic E-state index is -0.996. The Hall–Kier alpha value is -0.930. The summed E-state index contributed by atoms with van der Waals surface area (Å²) in [6.07, 6.45) is -1.19. The highest BCUT2D eigenvalue weighted by Crippen LogP contribution is 2.40. The van der Waals surface area contributed by atoms with Crippen molar-refractivity contribution in [2.45, 2.75) is 25.2 Å². The molecule has 0 radical (unpaired) electrons. The fourth-order valence-electron chi connectivity index (χ4n) is 3.29. The lowest BCUT2D eigenvalue weighted by Gasteiger charge is -2.19. The molecule has 92 valence electrons. The van der Waals surface area contributed by atoms with Gasteiger partial charge in [-0.15, -0.1) is 0 Å². The molecule has 4 atom stereocenters. The van der Waals surface area contributed by atoms with E-state index in [1.807, 2.05) is 18.2 Å². The molecule has 0 unspecified atom stereocenters. The lowest BCUT2D eigenvalue weighted by atomic mass is 9.99. The van der Waals surface area contributed by atoms with Crippen LogP contribution in [0.1, 0.15) is 12.0 Å². The van der Waals surface area contributed by atoms with E-state index in [-0.39, 0.29) is 5.92 Å². The van der Waals surface area contributed by atoms with Crippen LogP contribution in [-0.4, -0.2) is 35.4 Å². The fraction of sp³-hybridized carbons (Fsp3) is 0.571. The maximum absolute atomic E-state index is 13.3. The van der Waals surface area contributed by atoms with E-state index in [1.165, 1.54) is 5.56 Å². The highest BCUT2D eigenvalue weighted by atomic mass is 19.1. The summed E-state index contributed by atoms with van der Waals surface area (Å²) in [5.74, 6) is 0.498. The van der Waals surface area contributed by atoms with Gasteiger partial charge in [0, 0.05) is 25.6 Å². The van der Waals surface area contributed by atoms with Gasteiger partial charge in [-0.1, -0.05) is 30.3 Å². The number of rotatable bonds is 2. The summed E-state index contributed by atoms with van der Waals surface area (Å²) in [5.41, 5.74) is 1.29. The molecule has 0 spiro atoms. The Morgan fingerprint density at radius 3 is 2.71 bits per heavy atom. The summed E-state index contributed by atoms with van der Waals surface area (Å²) in [5, 5.41) is 9.75. The van der Waals surface area contributed by atoms with E-state index >= 15 is 0 Å². The summed E-state index contributed by atoms with van der Waals surface area (Å²) in [4.78, 5) is 2.33. The molecule has 1 aliphatic heterocycles. The minimum absolute atomic E-state index is 0.147. The van der Waals surface area contributed by atoms with Gasteiger partial charge in [0.25, 0.3) is 0 Å². The van der Waals surface area contributed by atoms with Crippen LogP contribution >= 0.6 is 0 Å². The monoisotopic (exact) mass is 235 g/mol. The molecule has 17 heavy (non-hydrogen) atoms. The van der Waals surface area contributed by atoms with Gasteiger partial charge >= 0.3 is 0 Å². The number of halogens is 1. The topological polar surface area (TPSA) is 23.5 Å². The Labute approximate surface area is 101 Å². The molecule has 3 heteroatoms. The molecule has 1 heterocycles. The Balaban J connectivity index is 1.63. The third-order valence-electron chi connectivity index (χ3n) is 4.15. The second-order valence-electron chi connectivity index (χ2n) is 5.35. The quantitative estimate of drug-likeness (QED) is 0.845. The zero-order valence-corrected chi connectivity index (χ0v) is 9.80. The van der Waals surface area contributed by atoms with Crippen molar-refractivity contribution in [1.82, 2.24) is 4.90 Å². The van der Waals surface area contributed by atoms with Gasteiger partial charge in [-0.2, -0.15) is 0 Å². The summed E-state index contributed by atoms with van der Waals surface area (Å²) in [6, 6.07) is 10.3. The van der Waals surface area contributed by atoms with Gasteiger partial charge in [-0.25, -0.2) is 4.39 Å². The molecule has 2 fully saturated rings. The Kier molecular flexibility index (Phi) is 2.89. The number of aliphatic hydroxyl groups is 1. The SMILES string of the molecule is O[C@H]1[C@H]2CN(Cc3ccccc3)C[C@H]2C[C@@H]1F. The third-order valence-corrected chi connectivity index (χ3v) is 4.15. The van der Waals surface area contributed by atoms with Crippen molar-refractivity contribution < 1.29 is 9.50 Å². The van der Waals surface area contributed by atoms with Crippen LogP contribution in [0.5, 0.6) is 0 Å². The van der Waals surface area contributed by atoms with E-state index in [9.17, 15) is 9.50 Å². The second-order valence-corrected chi connectivity index (χ2v) is 5.35. The molecule has 0 amide bonds. The summed E-state index contributed by atoms with van der Waals surface area (Å²) >= 11 is 0. The molecule has 1 saturated carbocycles. The number of likely N-dealkylation sites (tertiary alicyclic amines) is 1. The molecule has 1 saturated heterocycles. The molecule has 1 aromatic rings. The van der Waals surface area contributed by atoms with Crippen molar-refractivity contribution >= 4 is 0 Å². The number of alkyl halides is 1. The average molecular weight is 235 g/mol. The average Bonchev–Trinajstić information content (AvgIpc) is 2.82. The zero-order valence-electron chi connectivity index (χ0n) is 9.80. The summed E-state index contributed by atoms with van der Waals surface area (Å²) in [6.45, 7) is 2.68. The molecular weight excluding hydrogens is 217 g/mol. The molecule has 0 bridgehead atoms. The van der Waals surface area contributed by atoms with E-state index in [2.05, 4.69) is 17.0 Å². The van der Waals surface area contributed by atoms with Crippen molar-refractivity contribution in [3.63, 3.8) is 0 Å². The van der Waals surface area contributed by atoms with E-state index in [0.717, 1.165) is 19.6 Å². The van der Waals surface area contributed by atoms with Gasteiger partial charge in [0.2, 0.25) is 0 Å². The van der Waals surface area contributed by atoms with E-state index in [1.54, 1.807) is 0 Å². The molecule has 0 aromatic heterocycles. The lowest BCUT2D eigenvalue weighted by molar-refractivity contribution is 0.0634. The molecule has 3 rings (SSSR count). The van der Waals surface area contributed by atoms with Gasteiger partial charge < -0.3 is 5.11 Å². The first-order chi connectivity index (χ1) is 8.24. The van der Waals surface area contributed by atoms with Crippen LogP contribution in [-0.2, 0) is 6.54 Å². The van der Waals surface area contributed by atoms with Crippen LogP contribution in [0.3, 0.4) is 0 Å².